The molecule has 0 bridgehead atoms. The fraction of sp³-hybridized carbons (Fsp3) is 0.458. The smallest absolute Gasteiger partial charge is 0.336 e. The molecule has 5 N–H and O–H groups in total. The van der Waals surface area contributed by atoms with Crippen molar-refractivity contribution < 1.29 is 47.8 Å². The maximum absolute atomic E-state index is 12.0. The number of aliphatic carboxylic acids is 3. The maximum atomic E-state index is 12.0. The molecule has 0 aliphatic carbocycles. The molecule has 0 aromatic heterocycles. The number of carboxylic acid groups (broad SMARTS) is 3. The monoisotopic (exact) mass is 512 g/mol. The molecule has 11 heteroatoms. The molecule has 0 atom stereocenters. The molecule has 0 spiro atoms. The number of rotatable bonds is 12. The second kappa shape index (κ2) is 13.2. The van der Waals surface area contributed by atoms with Crippen molar-refractivity contribution in [2.45, 2.75) is 75.7 Å². The van der Waals surface area contributed by atoms with Crippen LogP contribution in [0.1, 0.15) is 63.5 Å². The number of aryl methyl sites for hydroxylation is 1. The molecule has 0 unspecified atom stereocenters. The first-order chi connectivity index (χ1) is 16.3. The van der Waals surface area contributed by atoms with Gasteiger partial charge in [-0.05, 0) is 42.2 Å². The van der Waals surface area contributed by atoms with Crippen LogP contribution < -0.4 is 0 Å². The number of aliphatic hydroxyl groups is 1. The third-order valence-corrected chi connectivity index (χ3v) is 6.30. The summed E-state index contributed by atoms with van der Waals surface area (Å²) in [5.41, 5.74) is -0.879. The van der Waals surface area contributed by atoms with Gasteiger partial charge in [0, 0.05) is 5.39 Å². The van der Waals surface area contributed by atoms with Crippen LogP contribution in [0.15, 0.2) is 35.2 Å². The Balaban J connectivity index is 0.000000405. The lowest BCUT2D eigenvalue weighted by Gasteiger charge is -2.18. The van der Waals surface area contributed by atoms with Crippen LogP contribution in [0.5, 0.6) is 0 Å². The lowest BCUT2D eigenvalue weighted by molar-refractivity contribution is -0.170. The number of hydrogen-bond acceptors (Lipinski definition) is 6. The molecule has 10 nitrogen and oxygen atoms in total. The summed E-state index contributed by atoms with van der Waals surface area (Å²) in [6.07, 6.45) is 3.23. The average molecular weight is 513 g/mol. The SMILES string of the molecule is CCCCc1cc2ccccc2c(S(=O)(=O)O)c1CCCC.O=C(O)CC(O)(CC(=O)O)C(=O)O. The van der Waals surface area contributed by atoms with Crippen LogP contribution in [0.2, 0.25) is 0 Å². The van der Waals surface area contributed by atoms with E-state index >= 15 is 0 Å². The van der Waals surface area contributed by atoms with E-state index in [-0.39, 0.29) is 4.90 Å². The van der Waals surface area contributed by atoms with Crippen molar-refractivity contribution in [1.82, 2.24) is 0 Å². The molecule has 0 saturated carbocycles. The van der Waals surface area contributed by atoms with E-state index < -0.39 is 46.5 Å². The Morgan fingerprint density at radius 1 is 0.886 bits per heavy atom. The van der Waals surface area contributed by atoms with Crippen molar-refractivity contribution in [3.8, 4) is 0 Å². The van der Waals surface area contributed by atoms with Gasteiger partial charge < -0.3 is 20.4 Å². The molecule has 35 heavy (non-hydrogen) atoms. The van der Waals surface area contributed by atoms with Crippen LogP contribution in [0.4, 0.5) is 0 Å². The van der Waals surface area contributed by atoms with E-state index in [1.165, 1.54) is 0 Å². The summed E-state index contributed by atoms with van der Waals surface area (Å²) in [5.74, 6) is -5.02. The summed E-state index contributed by atoms with van der Waals surface area (Å²) in [6.45, 7) is 4.20. The first-order valence-electron chi connectivity index (χ1n) is 11.2. The van der Waals surface area contributed by atoms with E-state index in [1.54, 1.807) is 6.07 Å². The quantitative estimate of drug-likeness (QED) is 0.263. The van der Waals surface area contributed by atoms with E-state index in [0.717, 1.165) is 48.6 Å². The molecule has 0 heterocycles. The molecule has 2 aromatic rings. The highest BCUT2D eigenvalue weighted by molar-refractivity contribution is 7.86. The van der Waals surface area contributed by atoms with Gasteiger partial charge in [0.05, 0.1) is 12.8 Å². The minimum absolute atomic E-state index is 0.116. The molecule has 0 amide bonds. The summed E-state index contributed by atoms with van der Waals surface area (Å²) >= 11 is 0. The lowest BCUT2D eigenvalue weighted by atomic mass is 9.94. The Morgan fingerprint density at radius 2 is 1.40 bits per heavy atom. The molecular formula is C24H32O10S. The molecule has 0 fully saturated rings. The van der Waals surface area contributed by atoms with Crippen molar-refractivity contribution in [1.29, 1.82) is 0 Å². The minimum atomic E-state index is -4.24. The second-order valence-electron chi connectivity index (χ2n) is 8.22. The van der Waals surface area contributed by atoms with Gasteiger partial charge in [0.15, 0.2) is 5.60 Å². The zero-order valence-electron chi connectivity index (χ0n) is 19.7. The highest BCUT2D eigenvalue weighted by atomic mass is 32.2. The predicted octanol–water partition coefficient (Wildman–Crippen LogP) is 3.52. The number of fused-ring (bicyclic) bond motifs is 1. The minimum Gasteiger partial charge on any atom is -0.481 e. The summed E-state index contributed by atoms with van der Waals surface area (Å²) < 4.78 is 33.8. The molecule has 0 aliphatic rings. The summed E-state index contributed by atoms with van der Waals surface area (Å²) in [4.78, 5) is 30.6. The van der Waals surface area contributed by atoms with E-state index in [2.05, 4.69) is 19.9 Å². The van der Waals surface area contributed by atoms with E-state index in [9.17, 15) is 27.4 Å². The number of hydrogen-bond donors (Lipinski definition) is 5. The zero-order chi connectivity index (χ0) is 26.8. The third-order valence-electron chi connectivity index (χ3n) is 5.32. The van der Waals surface area contributed by atoms with Crippen molar-refractivity contribution in [3.63, 3.8) is 0 Å². The van der Waals surface area contributed by atoms with Gasteiger partial charge in [0.25, 0.3) is 10.1 Å². The summed E-state index contributed by atoms with van der Waals surface area (Å²) in [5, 5.41) is 35.3. The van der Waals surface area contributed by atoms with Crippen molar-refractivity contribution in [3.05, 3.63) is 41.5 Å². The summed E-state index contributed by atoms with van der Waals surface area (Å²) in [7, 11) is -4.24. The fourth-order valence-corrected chi connectivity index (χ4v) is 4.65. The average Bonchev–Trinajstić information content (AvgIpc) is 2.74. The molecule has 0 radical (unpaired) electrons. The molecule has 0 saturated heterocycles. The van der Waals surface area contributed by atoms with Crippen LogP contribution >= 0.6 is 0 Å². The first kappa shape index (κ1) is 30.0. The largest absolute Gasteiger partial charge is 0.481 e. The Bertz CT molecular complexity index is 1140. The summed E-state index contributed by atoms with van der Waals surface area (Å²) in [6, 6.07) is 9.48. The van der Waals surface area contributed by atoms with Crippen LogP contribution in [-0.2, 0) is 37.3 Å². The van der Waals surface area contributed by atoms with Gasteiger partial charge in [-0.25, -0.2) is 4.79 Å². The van der Waals surface area contributed by atoms with Crippen molar-refractivity contribution in [2.24, 2.45) is 0 Å². The number of carbonyl (C=O) groups is 3. The van der Waals surface area contributed by atoms with Gasteiger partial charge in [0.1, 0.15) is 4.90 Å². The molecule has 194 valence electrons. The van der Waals surface area contributed by atoms with Gasteiger partial charge >= 0.3 is 17.9 Å². The van der Waals surface area contributed by atoms with E-state index in [0.29, 0.717) is 11.8 Å². The van der Waals surface area contributed by atoms with Crippen LogP contribution in [-0.4, -0.2) is 56.9 Å². The van der Waals surface area contributed by atoms with Crippen molar-refractivity contribution >= 4 is 38.8 Å². The predicted molar refractivity (Wildman–Crippen MR) is 128 cm³/mol. The van der Waals surface area contributed by atoms with Gasteiger partial charge in [0.2, 0.25) is 0 Å². The third kappa shape index (κ3) is 8.93. The van der Waals surface area contributed by atoms with Gasteiger partial charge in [-0.2, -0.15) is 8.42 Å². The van der Waals surface area contributed by atoms with Gasteiger partial charge in [-0.1, -0.05) is 57.0 Å². The topological polar surface area (TPSA) is 186 Å². The van der Waals surface area contributed by atoms with E-state index in [1.807, 2.05) is 18.2 Å². The Labute approximate surface area is 204 Å². The zero-order valence-corrected chi connectivity index (χ0v) is 20.5. The van der Waals surface area contributed by atoms with Gasteiger partial charge in [-0.15, -0.1) is 0 Å². The first-order valence-corrected chi connectivity index (χ1v) is 12.6. The Hall–Kier alpha value is -3.02. The van der Waals surface area contributed by atoms with Crippen molar-refractivity contribution in [2.75, 3.05) is 0 Å². The van der Waals surface area contributed by atoms with Gasteiger partial charge in [-0.3, -0.25) is 14.1 Å². The Kier molecular flexibility index (Phi) is 11.3. The number of unbranched alkanes of at least 4 members (excludes halogenated alkanes) is 2. The second-order valence-corrected chi connectivity index (χ2v) is 9.58. The normalized spacial score (nSPS) is 11.5. The van der Waals surface area contributed by atoms with Crippen LogP contribution in [0, 0.1) is 0 Å². The highest BCUT2D eigenvalue weighted by Crippen LogP contribution is 2.32. The van der Waals surface area contributed by atoms with Crippen LogP contribution in [0.3, 0.4) is 0 Å². The standard InChI is InChI=1S/C18H24O3S.C6H8O7/c1-3-5-9-14-13-15-10-7-8-12-17(15)18(22(19,20)21)16(14)11-6-4-2;7-3(8)1-6(13,5(11)12)2-4(9)10/h7-8,10,12-13H,3-6,9,11H2,1-2H3,(H,19,20,21);13H,1-2H2,(H,7,8)(H,9,10)(H,11,12). The molecule has 0 aliphatic heterocycles. The molecule has 2 aromatic carbocycles. The number of carboxylic acids is 3. The maximum Gasteiger partial charge on any atom is 0.336 e. The van der Waals surface area contributed by atoms with Crippen LogP contribution in [0.25, 0.3) is 10.8 Å². The lowest BCUT2D eigenvalue weighted by Crippen LogP contribution is -2.42. The molecule has 2 rings (SSSR count). The van der Waals surface area contributed by atoms with E-state index in [4.69, 9.17) is 20.4 Å². The molecular weight excluding hydrogens is 480 g/mol. The Morgan fingerprint density at radius 3 is 1.86 bits per heavy atom. The number of benzene rings is 2. The fourth-order valence-electron chi connectivity index (χ4n) is 3.64. The highest BCUT2D eigenvalue weighted by Gasteiger charge is 2.40.